The van der Waals surface area contributed by atoms with Gasteiger partial charge in [-0.15, -0.1) is 0 Å². The Kier molecular flexibility index (Phi) is 6.07. The van der Waals surface area contributed by atoms with E-state index in [0.717, 1.165) is 36.9 Å². The second kappa shape index (κ2) is 7.33. The molecule has 0 amide bonds. The summed E-state index contributed by atoms with van der Waals surface area (Å²) in [5, 5.41) is 8.20. The molecule has 0 atom stereocenters. The van der Waals surface area contributed by atoms with Crippen LogP contribution in [0.15, 0.2) is 12.3 Å². The maximum absolute atomic E-state index is 5.34. The zero-order valence-corrected chi connectivity index (χ0v) is 12.5. The predicted octanol–water partition coefficient (Wildman–Crippen LogP) is 0.678. The molecule has 0 aromatic carbocycles. The Morgan fingerprint density at radius 3 is 2.72 bits per heavy atom. The molecule has 1 aromatic rings. The second-order valence-corrected chi connectivity index (χ2v) is 5.08. The maximum Gasteiger partial charge on any atom is 0.169 e. The molecule has 5 nitrogen and oxygen atoms in total. The fourth-order valence-electron chi connectivity index (χ4n) is 1.60. The van der Waals surface area contributed by atoms with E-state index in [1.807, 2.05) is 29.7 Å². The summed E-state index contributed by atoms with van der Waals surface area (Å²) in [6, 6.07) is 2.01. The molecular formula is C12H23N5S. The molecule has 0 aliphatic carbocycles. The molecular weight excluding hydrogens is 246 g/mol. The Morgan fingerprint density at radius 1 is 1.44 bits per heavy atom. The first-order chi connectivity index (χ1) is 8.50. The van der Waals surface area contributed by atoms with Crippen LogP contribution in [0.4, 0.5) is 0 Å². The van der Waals surface area contributed by atoms with Crippen LogP contribution in [0.1, 0.15) is 12.1 Å². The molecule has 0 saturated heterocycles. The Morgan fingerprint density at radius 2 is 2.17 bits per heavy atom. The van der Waals surface area contributed by atoms with Crippen LogP contribution in [0.3, 0.4) is 0 Å². The summed E-state index contributed by atoms with van der Waals surface area (Å²) in [6.07, 6.45) is 2.89. The topological polar surface area (TPSA) is 36.3 Å². The maximum atomic E-state index is 5.34. The average molecular weight is 269 g/mol. The molecule has 1 heterocycles. The third kappa shape index (κ3) is 5.01. The SMILES string of the molecule is CN(C)CCCNC(=S)N(C)Cc1ccnn1C. The molecule has 0 radical (unpaired) electrons. The average Bonchev–Trinajstić information content (AvgIpc) is 2.70. The number of nitrogens with one attached hydrogen (secondary N) is 1. The van der Waals surface area contributed by atoms with E-state index >= 15 is 0 Å². The molecule has 6 heteroatoms. The quantitative estimate of drug-likeness (QED) is 0.607. The van der Waals surface area contributed by atoms with E-state index in [9.17, 15) is 0 Å². The first-order valence-corrected chi connectivity index (χ1v) is 6.52. The number of hydrogen-bond donors (Lipinski definition) is 1. The summed E-state index contributed by atoms with van der Waals surface area (Å²) < 4.78 is 1.87. The van der Waals surface area contributed by atoms with E-state index < -0.39 is 0 Å². The van der Waals surface area contributed by atoms with Gasteiger partial charge in [-0.2, -0.15) is 5.10 Å². The van der Waals surface area contributed by atoms with E-state index in [4.69, 9.17) is 12.2 Å². The third-order valence-corrected chi connectivity index (χ3v) is 3.18. The van der Waals surface area contributed by atoms with Gasteiger partial charge in [0.05, 0.1) is 12.2 Å². The Hall–Kier alpha value is -1.14. The van der Waals surface area contributed by atoms with Gasteiger partial charge in [0.15, 0.2) is 5.11 Å². The van der Waals surface area contributed by atoms with Gasteiger partial charge in [0.25, 0.3) is 0 Å². The number of hydrogen-bond acceptors (Lipinski definition) is 3. The fourth-order valence-corrected chi connectivity index (χ4v) is 1.76. The number of aryl methyl sites for hydroxylation is 1. The lowest BCUT2D eigenvalue weighted by atomic mass is 10.4. The number of rotatable bonds is 6. The van der Waals surface area contributed by atoms with Crippen LogP contribution in [0.2, 0.25) is 0 Å². The molecule has 0 spiro atoms. The number of aromatic nitrogens is 2. The summed E-state index contributed by atoms with van der Waals surface area (Å²) in [5.41, 5.74) is 1.15. The summed E-state index contributed by atoms with van der Waals surface area (Å²) in [7, 11) is 8.09. The standard InChI is InChI=1S/C12H23N5S/c1-15(2)9-5-7-13-12(18)16(3)10-11-6-8-14-17(11)4/h6,8H,5,7,9-10H2,1-4H3,(H,13,18). The van der Waals surface area contributed by atoms with Crippen LogP contribution in [0, 0.1) is 0 Å². The minimum atomic E-state index is 0.774. The van der Waals surface area contributed by atoms with Gasteiger partial charge < -0.3 is 15.1 Å². The van der Waals surface area contributed by atoms with E-state index in [1.54, 1.807) is 6.20 Å². The van der Waals surface area contributed by atoms with Crippen LogP contribution >= 0.6 is 12.2 Å². The van der Waals surface area contributed by atoms with Crippen LogP contribution in [-0.2, 0) is 13.6 Å². The Balaban J connectivity index is 2.27. The van der Waals surface area contributed by atoms with Crippen LogP contribution in [0.5, 0.6) is 0 Å². The van der Waals surface area contributed by atoms with Gasteiger partial charge in [-0.05, 0) is 45.3 Å². The molecule has 0 fully saturated rings. The van der Waals surface area contributed by atoms with Gasteiger partial charge in [0.2, 0.25) is 0 Å². The van der Waals surface area contributed by atoms with Crippen molar-refractivity contribution in [2.45, 2.75) is 13.0 Å². The highest BCUT2D eigenvalue weighted by Crippen LogP contribution is 2.01. The highest BCUT2D eigenvalue weighted by molar-refractivity contribution is 7.80. The second-order valence-electron chi connectivity index (χ2n) is 4.69. The van der Waals surface area contributed by atoms with Crippen molar-refractivity contribution in [2.24, 2.45) is 7.05 Å². The smallest absolute Gasteiger partial charge is 0.169 e. The van der Waals surface area contributed by atoms with Crippen molar-refractivity contribution in [3.63, 3.8) is 0 Å². The summed E-state index contributed by atoms with van der Waals surface area (Å²) in [6.45, 7) is 2.75. The molecule has 18 heavy (non-hydrogen) atoms. The van der Waals surface area contributed by atoms with Crippen molar-refractivity contribution in [3.8, 4) is 0 Å². The van der Waals surface area contributed by atoms with Gasteiger partial charge in [0, 0.05) is 26.8 Å². The van der Waals surface area contributed by atoms with Gasteiger partial charge in [-0.25, -0.2) is 0 Å². The van der Waals surface area contributed by atoms with Crippen LogP contribution < -0.4 is 5.32 Å². The molecule has 0 saturated carbocycles. The van der Waals surface area contributed by atoms with Crippen molar-refractivity contribution >= 4 is 17.3 Å². The van der Waals surface area contributed by atoms with E-state index in [0.29, 0.717) is 0 Å². The highest BCUT2D eigenvalue weighted by Gasteiger charge is 2.06. The third-order valence-electron chi connectivity index (χ3n) is 2.73. The highest BCUT2D eigenvalue weighted by atomic mass is 32.1. The molecule has 1 rings (SSSR count). The first kappa shape index (κ1) is 14.9. The minimum absolute atomic E-state index is 0.774. The molecule has 0 aliphatic heterocycles. The molecule has 102 valence electrons. The normalized spacial score (nSPS) is 10.7. The molecule has 0 bridgehead atoms. The zero-order valence-electron chi connectivity index (χ0n) is 11.7. The van der Waals surface area contributed by atoms with Crippen molar-refractivity contribution in [1.82, 2.24) is 24.9 Å². The largest absolute Gasteiger partial charge is 0.363 e. The van der Waals surface area contributed by atoms with Crippen molar-refractivity contribution < 1.29 is 0 Å². The molecule has 0 aliphatic rings. The lowest BCUT2D eigenvalue weighted by molar-refractivity contribution is 0.396. The van der Waals surface area contributed by atoms with Gasteiger partial charge >= 0.3 is 0 Å². The summed E-state index contributed by atoms with van der Waals surface area (Å²) in [5.74, 6) is 0. The summed E-state index contributed by atoms with van der Waals surface area (Å²) >= 11 is 5.34. The number of nitrogens with zero attached hydrogens (tertiary/aromatic N) is 4. The fraction of sp³-hybridized carbons (Fsp3) is 0.667. The van der Waals surface area contributed by atoms with Crippen molar-refractivity contribution in [1.29, 1.82) is 0 Å². The molecule has 0 unspecified atom stereocenters. The number of thiocarbonyl (C=S) groups is 1. The zero-order chi connectivity index (χ0) is 13.5. The van der Waals surface area contributed by atoms with Crippen LogP contribution in [-0.4, -0.2) is 58.9 Å². The van der Waals surface area contributed by atoms with E-state index in [1.165, 1.54) is 0 Å². The molecule has 1 N–H and O–H groups in total. The van der Waals surface area contributed by atoms with E-state index in [2.05, 4.69) is 29.4 Å². The lowest BCUT2D eigenvalue weighted by Gasteiger charge is -2.21. The van der Waals surface area contributed by atoms with Gasteiger partial charge in [-0.3, -0.25) is 4.68 Å². The predicted molar refractivity (Wildman–Crippen MR) is 78.4 cm³/mol. The summed E-state index contributed by atoms with van der Waals surface area (Å²) in [4.78, 5) is 4.20. The van der Waals surface area contributed by atoms with Crippen LogP contribution in [0.25, 0.3) is 0 Å². The minimum Gasteiger partial charge on any atom is -0.363 e. The van der Waals surface area contributed by atoms with Crippen molar-refractivity contribution in [3.05, 3.63) is 18.0 Å². The first-order valence-electron chi connectivity index (χ1n) is 6.11. The lowest BCUT2D eigenvalue weighted by Crippen LogP contribution is -2.38. The molecule has 1 aromatic heterocycles. The Labute approximate surface area is 115 Å². The van der Waals surface area contributed by atoms with Gasteiger partial charge in [-0.1, -0.05) is 0 Å². The Bertz CT molecular complexity index is 374. The van der Waals surface area contributed by atoms with Gasteiger partial charge in [0.1, 0.15) is 0 Å². The van der Waals surface area contributed by atoms with Crippen molar-refractivity contribution in [2.75, 3.05) is 34.2 Å². The van der Waals surface area contributed by atoms with E-state index in [-0.39, 0.29) is 0 Å². The monoisotopic (exact) mass is 269 g/mol.